The summed E-state index contributed by atoms with van der Waals surface area (Å²) in [6, 6.07) is 0.680. The van der Waals surface area contributed by atoms with Gasteiger partial charge in [-0.3, -0.25) is 14.9 Å². The van der Waals surface area contributed by atoms with E-state index in [-0.39, 0.29) is 5.71 Å². The molecule has 0 aromatic heterocycles. The molecule has 7 nitrogen and oxygen atoms in total. The number of carbonyl (C=O) groups is 2. The maximum Gasteiger partial charge on any atom is 0.349 e. The zero-order chi connectivity index (χ0) is 16.4. The van der Waals surface area contributed by atoms with E-state index in [1.165, 1.54) is 6.92 Å². The van der Waals surface area contributed by atoms with Crippen molar-refractivity contribution in [1.82, 2.24) is 0 Å². The normalized spacial score (nSPS) is 17.6. The highest BCUT2D eigenvalue weighted by molar-refractivity contribution is 6.06. The van der Waals surface area contributed by atoms with Gasteiger partial charge in [0.2, 0.25) is 0 Å². The van der Waals surface area contributed by atoms with Crippen molar-refractivity contribution in [2.24, 2.45) is 4.99 Å². The van der Waals surface area contributed by atoms with Crippen LogP contribution in [0.3, 0.4) is 0 Å². The standard InChI is InChI=1S/C13H8F2N2O5/c1-6-5-9(11(17(20)21)12(18)16-6)22-13(19)10-7(14)3-2-4-8(10)15/h2-5,11H,1H3. The van der Waals surface area contributed by atoms with Crippen LogP contribution in [-0.4, -0.2) is 28.6 Å². The fraction of sp³-hybridized carbons (Fsp3) is 0.154. The Labute approximate surface area is 122 Å². The monoisotopic (exact) mass is 310 g/mol. The molecular formula is C13H8F2N2O5. The van der Waals surface area contributed by atoms with E-state index < -0.39 is 45.8 Å². The van der Waals surface area contributed by atoms with Gasteiger partial charge < -0.3 is 4.74 Å². The van der Waals surface area contributed by atoms with Gasteiger partial charge in [0.1, 0.15) is 17.2 Å². The second-order valence-electron chi connectivity index (χ2n) is 4.31. The molecule has 1 unspecified atom stereocenters. The molecule has 22 heavy (non-hydrogen) atoms. The first-order valence-electron chi connectivity index (χ1n) is 5.91. The first-order chi connectivity index (χ1) is 10.3. The Morgan fingerprint density at radius 1 is 1.36 bits per heavy atom. The summed E-state index contributed by atoms with van der Waals surface area (Å²) in [5, 5.41) is 10.9. The number of halogens is 2. The van der Waals surface area contributed by atoms with Crippen molar-refractivity contribution < 1.29 is 28.0 Å². The van der Waals surface area contributed by atoms with E-state index in [1.54, 1.807) is 0 Å². The number of carbonyl (C=O) groups excluding carboxylic acids is 2. The largest absolute Gasteiger partial charge is 0.419 e. The second kappa shape index (κ2) is 5.80. The molecule has 0 N–H and O–H groups in total. The van der Waals surface area contributed by atoms with Crippen LogP contribution in [0.15, 0.2) is 35.0 Å². The summed E-state index contributed by atoms with van der Waals surface area (Å²) in [5.74, 6) is -5.63. The molecule has 0 radical (unpaired) electrons. The summed E-state index contributed by atoms with van der Waals surface area (Å²) in [6.07, 6.45) is 0.992. The van der Waals surface area contributed by atoms with Gasteiger partial charge >= 0.3 is 17.9 Å². The van der Waals surface area contributed by atoms with E-state index in [1.807, 2.05) is 0 Å². The minimum absolute atomic E-state index is 0.0694. The average Bonchev–Trinajstić information content (AvgIpc) is 2.36. The molecule has 1 aromatic rings. The number of hydrogen-bond donors (Lipinski definition) is 0. The van der Waals surface area contributed by atoms with E-state index in [0.29, 0.717) is 0 Å². The Hall–Kier alpha value is -2.97. The quantitative estimate of drug-likeness (QED) is 0.480. The smallest absolute Gasteiger partial charge is 0.349 e. The van der Waals surface area contributed by atoms with Gasteiger partial charge in [-0.1, -0.05) is 6.07 Å². The van der Waals surface area contributed by atoms with Crippen LogP contribution in [-0.2, 0) is 9.53 Å². The fourth-order valence-electron chi connectivity index (χ4n) is 1.80. The van der Waals surface area contributed by atoms with E-state index in [0.717, 1.165) is 24.3 Å². The number of hydrogen-bond acceptors (Lipinski definition) is 5. The summed E-state index contributed by atoms with van der Waals surface area (Å²) in [7, 11) is 0. The van der Waals surface area contributed by atoms with Crippen LogP contribution in [0.5, 0.6) is 0 Å². The fourth-order valence-corrected chi connectivity index (χ4v) is 1.80. The predicted octanol–water partition coefficient (Wildman–Crippen LogP) is 1.65. The van der Waals surface area contributed by atoms with Crippen LogP contribution in [0.25, 0.3) is 0 Å². The summed E-state index contributed by atoms with van der Waals surface area (Å²) < 4.78 is 31.6. The number of esters is 1. The third kappa shape index (κ3) is 2.87. The third-order valence-electron chi connectivity index (χ3n) is 2.73. The van der Waals surface area contributed by atoms with E-state index in [4.69, 9.17) is 0 Å². The molecule has 0 saturated carbocycles. The average molecular weight is 310 g/mol. The van der Waals surface area contributed by atoms with Crippen molar-refractivity contribution in [3.8, 4) is 0 Å². The van der Waals surface area contributed by atoms with E-state index >= 15 is 0 Å². The van der Waals surface area contributed by atoms with Crippen molar-refractivity contribution in [2.45, 2.75) is 13.0 Å². The summed E-state index contributed by atoms with van der Waals surface area (Å²) in [6.45, 7) is 1.35. The highest BCUT2D eigenvalue weighted by Crippen LogP contribution is 2.20. The van der Waals surface area contributed by atoms with Gasteiger partial charge in [0.25, 0.3) is 0 Å². The molecule has 1 aliphatic rings. The van der Waals surface area contributed by atoms with Crippen molar-refractivity contribution >= 4 is 17.6 Å². The molecule has 0 fully saturated rings. The SMILES string of the molecule is CC1=NC(=O)C([N+](=O)[O-])C(OC(=O)c2c(F)cccc2F)=C1. The molecule has 0 spiro atoms. The number of benzene rings is 1. The highest BCUT2D eigenvalue weighted by Gasteiger charge is 2.40. The zero-order valence-corrected chi connectivity index (χ0v) is 11.1. The first kappa shape index (κ1) is 15.4. The topological polar surface area (TPSA) is 98.9 Å². The van der Waals surface area contributed by atoms with Crippen LogP contribution in [0.2, 0.25) is 0 Å². The van der Waals surface area contributed by atoms with Gasteiger partial charge in [-0.2, -0.15) is 0 Å². The molecule has 1 amide bonds. The highest BCUT2D eigenvalue weighted by atomic mass is 19.1. The Morgan fingerprint density at radius 2 is 1.95 bits per heavy atom. The maximum atomic E-state index is 13.5. The molecule has 1 aromatic carbocycles. The molecule has 1 atom stereocenters. The van der Waals surface area contributed by atoms with Crippen LogP contribution < -0.4 is 0 Å². The van der Waals surface area contributed by atoms with Crippen LogP contribution in [0, 0.1) is 21.7 Å². The second-order valence-corrected chi connectivity index (χ2v) is 4.31. The van der Waals surface area contributed by atoms with Gasteiger partial charge in [0.05, 0.1) is 0 Å². The van der Waals surface area contributed by atoms with E-state index in [2.05, 4.69) is 9.73 Å². The minimum Gasteiger partial charge on any atom is -0.419 e. The van der Waals surface area contributed by atoms with Gasteiger partial charge in [0, 0.05) is 16.7 Å². The number of ether oxygens (including phenoxy) is 1. The molecule has 2 rings (SSSR count). The number of nitrogens with zero attached hydrogens (tertiary/aromatic N) is 2. The van der Waals surface area contributed by atoms with Gasteiger partial charge in [0.15, 0.2) is 5.76 Å². The first-order valence-corrected chi connectivity index (χ1v) is 5.91. The molecule has 1 aliphatic heterocycles. The minimum atomic E-state index is -2.03. The van der Waals surface area contributed by atoms with Crippen LogP contribution in [0.4, 0.5) is 8.78 Å². The lowest BCUT2D eigenvalue weighted by Crippen LogP contribution is -2.35. The number of amides is 1. The van der Waals surface area contributed by atoms with Crippen molar-refractivity contribution in [3.63, 3.8) is 0 Å². The molecule has 0 bridgehead atoms. The number of rotatable bonds is 3. The van der Waals surface area contributed by atoms with Gasteiger partial charge in [-0.15, -0.1) is 0 Å². The number of aliphatic imine (C=N–C) groups is 1. The van der Waals surface area contributed by atoms with Crippen molar-refractivity contribution in [2.75, 3.05) is 0 Å². The third-order valence-corrected chi connectivity index (χ3v) is 2.73. The lowest BCUT2D eigenvalue weighted by Gasteiger charge is -2.14. The lowest BCUT2D eigenvalue weighted by atomic mass is 10.1. The molecular weight excluding hydrogens is 302 g/mol. The Balaban J connectivity index is 2.36. The summed E-state index contributed by atoms with van der Waals surface area (Å²) in [4.78, 5) is 36.6. The van der Waals surface area contributed by atoms with Gasteiger partial charge in [-0.05, 0) is 19.1 Å². The van der Waals surface area contributed by atoms with Gasteiger partial charge in [-0.25, -0.2) is 18.6 Å². The number of dihydropyridines is 1. The number of nitro groups is 1. The molecule has 1 heterocycles. The maximum absolute atomic E-state index is 13.5. The Bertz CT molecular complexity index is 722. The summed E-state index contributed by atoms with van der Waals surface area (Å²) in [5.41, 5.74) is -0.932. The lowest BCUT2D eigenvalue weighted by molar-refractivity contribution is -0.501. The zero-order valence-electron chi connectivity index (χ0n) is 11.1. The molecule has 0 aliphatic carbocycles. The van der Waals surface area contributed by atoms with Crippen LogP contribution >= 0.6 is 0 Å². The van der Waals surface area contributed by atoms with Crippen LogP contribution in [0.1, 0.15) is 17.3 Å². The molecule has 0 saturated heterocycles. The predicted molar refractivity (Wildman–Crippen MR) is 68.8 cm³/mol. The summed E-state index contributed by atoms with van der Waals surface area (Å²) >= 11 is 0. The Morgan fingerprint density at radius 3 is 2.50 bits per heavy atom. The number of allylic oxidation sites excluding steroid dienone is 1. The molecule has 114 valence electrons. The van der Waals surface area contributed by atoms with E-state index in [9.17, 15) is 28.5 Å². The Kier molecular flexibility index (Phi) is 4.06. The van der Waals surface area contributed by atoms with Crippen molar-refractivity contribution in [1.29, 1.82) is 0 Å². The van der Waals surface area contributed by atoms with Crippen molar-refractivity contribution in [3.05, 3.63) is 57.3 Å². The molecule has 9 heteroatoms.